The number of furan rings is 1. The maximum absolute atomic E-state index is 12.0. The first-order valence-electron chi connectivity index (χ1n) is 6.79. The Kier molecular flexibility index (Phi) is 4.19. The summed E-state index contributed by atoms with van der Waals surface area (Å²) >= 11 is 0. The molecule has 2 heterocycles. The van der Waals surface area contributed by atoms with E-state index in [-0.39, 0.29) is 11.6 Å². The van der Waals surface area contributed by atoms with Gasteiger partial charge in [-0.05, 0) is 46.7 Å². The smallest absolute Gasteiger partial charge is 0.292 e. The maximum Gasteiger partial charge on any atom is 0.292 e. The molecule has 0 spiro atoms. The van der Waals surface area contributed by atoms with Crippen molar-refractivity contribution in [3.63, 3.8) is 0 Å². The van der Waals surface area contributed by atoms with Crippen LogP contribution in [0.3, 0.4) is 0 Å². The highest BCUT2D eigenvalue weighted by Gasteiger charge is 2.17. The van der Waals surface area contributed by atoms with Gasteiger partial charge in [0.1, 0.15) is 12.4 Å². The van der Waals surface area contributed by atoms with E-state index in [0.717, 1.165) is 5.56 Å². The summed E-state index contributed by atoms with van der Waals surface area (Å²) in [6.45, 7) is 4.02. The van der Waals surface area contributed by atoms with Crippen LogP contribution in [-0.2, 0) is 0 Å². The number of rotatable bonds is 6. The minimum absolute atomic E-state index is 0.173. The van der Waals surface area contributed by atoms with Crippen molar-refractivity contribution < 1.29 is 18.6 Å². The van der Waals surface area contributed by atoms with Crippen molar-refractivity contribution in [1.82, 2.24) is 10.3 Å². The second-order valence-electron chi connectivity index (χ2n) is 4.52. The van der Waals surface area contributed by atoms with E-state index in [1.54, 1.807) is 42.5 Å². The van der Waals surface area contributed by atoms with Gasteiger partial charge in [0, 0.05) is 5.56 Å². The van der Waals surface area contributed by atoms with E-state index in [1.165, 1.54) is 6.26 Å². The van der Waals surface area contributed by atoms with Crippen molar-refractivity contribution >= 4 is 11.7 Å². The minimum Gasteiger partial charge on any atom is -0.490 e. The number of benzene rings is 1. The summed E-state index contributed by atoms with van der Waals surface area (Å²) in [6, 6.07) is 10.3. The zero-order chi connectivity index (χ0) is 16.1. The third-order valence-electron chi connectivity index (χ3n) is 2.96. The van der Waals surface area contributed by atoms with Gasteiger partial charge in [-0.25, -0.2) is 4.63 Å². The highest BCUT2D eigenvalue weighted by molar-refractivity contribution is 6.03. The summed E-state index contributed by atoms with van der Waals surface area (Å²) in [5.41, 5.74) is 1.15. The third kappa shape index (κ3) is 3.29. The predicted octanol–water partition coefficient (Wildman–Crippen LogP) is 3.15. The van der Waals surface area contributed by atoms with Gasteiger partial charge < -0.3 is 9.15 Å². The second kappa shape index (κ2) is 6.61. The molecule has 0 aliphatic rings. The predicted molar refractivity (Wildman–Crippen MR) is 82.1 cm³/mol. The van der Waals surface area contributed by atoms with Crippen LogP contribution in [0.15, 0.2) is 64.4 Å². The molecule has 1 aromatic carbocycles. The summed E-state index contributed by atoms with van der Waals surface area (Å²) in [6.07, 6.45) is 3.08. The molecule has 3 aromatic rings. The molecule has 0 atom stereocenters. The number of amides is 1. The molecule has 1 N–H and O–H groups in total. The molecule has 0 saturated carbocycles. The Morgan fingerprint density at radius 2 is 2.09 bits per heavy atom. The van der Waals surface area contributed by atoms with E-state index < -0.39 is 5.91 Å². The number of hydrogen-bond acceptors (Lipinski definition) is 6. The molecular weight excluding hydrogens is 298 g/mol. The summed E-state index contributed by atoms with van der Waals surface area (Å²) in [5, 5.41) is 10.1. The summed E-state index contributed by atoms with van der Waals surface area (Å²) in [7, 11) is 0. The van der Waals surface area contributed by atoms with Gasteiger partial charge >= 0.3 is 0 Å². The SMILES string of the molecule is C=CCOc1ccc(-c2nonc2NC(=O)c2ccco2)cc1. The van der Waals surface area contributed by atoms with Crippen LogP contribution in [0.1, 0.15) is 10.6 Å². The van der Waals surface area contributed by atoms with Crippen LogP contribution in [0, 0.1) is 0 Å². The maximum atomic E-state index is 12.0. The first kappa shape index (κ1) is 14.6. The van der Waals surface area contributed by atoms with Crippen LogP contribution in [0.4, 0.5) is 5.82 Å². The first-order chi connectivity index (χ1) is 11.3. The number of ether oxygens (including phenoxy) is 1. The van der Waals surface area contributed by atoms with E-state index in [9.17, 15) is 4.79 Å². The lowest BCUT2D eigenvalue weighted by atomic mass is 10.1. The number of anilines is 1. The Bertz CT molecular complexity index is 791. The molecule has 0 bridgehead atoms. The molecule has 0 saturated heterocycles. The fraction of sp³-hybridized carbons (Fsp3) is 0.0625. The van der Waals surface area contributed by atoms with E-state index in [4.69, 9.17) is 13.8 Å². The van der Waals surface area contributed by atoms with Gasteiger partial charge in [0.2, 0.25) is 5.82 Å². The van der Waals surface area contributed by atoms with Gasteiger partial charge in [-0.3, -0.25) is 10.1 Å². The van der Waals surface area contributed by atoms with E-state index in [2.05, 4.69) is 22.2 Å². The Morgan fingerprint density at radius 3 is 2.78 bits per heavy atom. The topological polar surface area (TPSA) is 90.4 Å². The Balaban J connectivity index is 1.77. The highest BCUT2D eigenvalue weighted by atomic mass is 16.6. The molecule has 0 fully saturated rings. The van der Waals surface area contributed by atoms with Crippen molar-refractivity contribution in [2.45, 2.75) is 0 Å². The number of carbonyl (C=O) groups is 1. The lowest BCUT2D eigenvalue weighted by Crippen LogP contribution is -2.11. The van der Waals surface area contributed by atoms with Crippen LogP contribution in [-0.4, -0.2) is 22.8 Å². The quantitative estimate of drug-likeness (QED) is 0.703. The molecule has 7 heteroatoms. The van der Waals surface area contributed by atoms with Crippen LogP contribution in [0.5, 0.6) is 5.75 Å². The van der Waals surface area contributed by atoms with E-state index in [0.29, 0.717) is 18.1 Å². The zero-order valence-electron chi connectivity index (χ0n) is 12.1. The average Bonchev–Trinajstić information content (AvgIpc) is 3.25. The van der Waals surface area contributed by atoms with Crippen LogP contribution < -0.4 is 10.1 Å². The molecule has 116 valence electrons. The van der Waals surface area contributed by atoms with E-state index >= 15 is 0 Å². The van der Waals surface area contributed by atoms with E-state index in [1.807, 2.05) is 0 Å². The summed E-state index contributed by atoms with van der Waals surface area (Å²) in [4.78, 5) is 12.0. The molecule has 0 aliphatic heterocycles. The second-order valence-corrected chi connectivity index (χ2v) is 4.52. The average molecular weight is 311 g/mol. The molecule has 1 amide bonds. The number of nitrogens with one attached hydrogen (secondary N) is 1. The van der Waals surface area contributed by atoms with Crippen molar-refractivity contribution in [2.24, 2.45) is 0 Å². The van der Waals surface area contributed by atoms with Gasteiger partial charge in [-0.2, -0.15) is 0 Å². The zero-order valence-corrected chi connectivity index (χ0v) is 12.1. The van der Waals surface area contributed by atoms with Crippen molar-refractivity contribution in [3.05, 3.63) is 61.1 Å². The van der Waals surface area contributed by atoms with Gasteiger partial charge in [0.05, 0.1) is 6.26 Å². The van der Waals surface area contributed by atoms with Crippen molar-refractivity contribution in [2.75, 3.05) is 11.9 Å². The molecule has 23 heavy (non-hydrogen) atoms. The number of hydrogen-bond donors (Lipinski definition) is 1. The van der Waals surface area contributed by atoms with Gasteiger partial charge in [0.25, 0.3) is 5.91 Å². The van der Waals surface area contributed by atoms with Crippen LogP contribution in [0.25, 0.3) is 11.3 Å². The monoisotopic (exact) mass is 311 g/mol. The van der Waals surface area contributed by atoms with Gasteiger partial charge in [-0.1, -0.05) is 12.7 Å². The van der Waals surface area contributed by atoms with Gasteiger partial charge in [-0.15, -0.1) is 0 Å². The Hall–Kier alpha value is -3.35. The molecule has 3 rings (SSSR count). The lowest BCUT2D eigenvalue weighted by Gasteiger charge is -2.04. The Labute approximate surface area is 131 Å². The highest BCUT2D eigenvalue weighted by Crippen LogP contribution is 2.26. The number of nitrogens with zero attached hydrogens (tertiary/aromatic N) is 2. The Morgan fingerprint density at radius 1 is 1.26 bits per heavy atom. The standard InChI is InChI=1S/C16H13N3O4/c1-2-9-21-12-7-5-11(6-8-12)14-15(19-23-18-14)17-16(20)13-4-3-10-22-13/h2-8,10H,1,9H2,(H,17,19,20). The lowest BCUT2D eigenvalue weighted by molar-refractivity contribution is 0.0995. The molecular formula is C16H13N3O4. The normalized spacial score (nSPS) is 10.3. The number of carbonyl (C=O) groups excluding carboxylic acids is 1. The first-order valence-corrected chi connectivity index (χ1v) is 6.79. The molecule has 0 radical (unpaired) electrons. The fourth-order valence-corrected chi connectivity index (χ4v) is 1.90. The largest absolute Gasteiger partial charge is 0.490 e. The third-order valence-corrected chi connectivity index (χ3v) is 2.96. The van der Waals surface area contributed by atoms with Crippen molar-refractivity contribution in [3.8, 4) is 17.0 Å². The number of aromatic nitrogens is 2. The van der Waals surface area contributed by atoms with Crippen LogP contribution >= 0.6 is 0 Å². The molecule has 2 aromatic heterocycles. The molecule has 0 unspecified atom stereocenters. The fourth-order valence-electron chi connectivity index (χ4n) is 1.90. The van der Waals surface area contributed by atoms with Crippen molar-refractivity contribution in [1.29, 1.82) is 0 Å². The minimum atomic E-state index is -0.433. The summed E-state index contributed by atoms with van der Waals surface area (Å²) in [5.74, 6) is 0.655. The van der Waals surface area contributed by atoms with Crippen LogP contribution in [0.2, 0.25) is 0 Å². The summed E-state index contributed by atoms with van der Waals surface area (Å²) < 4.78 is 15.2. The molecule has 0 aliphatic carbocycles. The van der Waals surface area contributed by atoms with Gasteiger partial charge in [0.15, 0.2) is 11.5 Å². The molecule has 7 nitrogen and oxygen atoms in total.